The lowest BCUT2D eigenvalue weighted by Crippen LogP contribution is -2.35. The van der Waals surface area contributed by atoms with Gasteiger partial charge in [-0.3, -0.25) is 9.29 Å². The smallest absolute Gasteiger partial charge is 0.264 e. The van der Waals surface area contributed by atoms with Crippen LogP contribution in [0.15, 0.2) is 64.5 Å². The van der Waals surface area contributed by atoms with Crippen LogP contribution in [0.2, 0.25) is 0 Å². The van der Waals surface area contributed by atoms with Gasteiger partial charge >= 0.3 is 0 Å². The third-order valence-electron chi connectivity index (χ3n) is 5.13. The summed E-state index contributed by atoms with van der Waals surface area (Å²) in [6.07, 6.45) is 1.51. The van der Waals surface area contributed by atoms with E-state index in [4.69, 9.17) is 5.26 Å². The topological polar surface area (TPSA) is 103 Å². The number of thioether (sulfide) groups is 1. The van der Waals surface area contributed by atoms with Crippen molar-refractivity contribution in [3.05, 3.63) is 66.1 Å². The van der Waals surface area contributed by atoms with E-state index in [1.807, 2.05) is 25.1 Å². The lowest BCUT2D eigenvalue weighted by atomic mass is 10.1. The van der Waals surface area contributed by atoms with Crippen molar-refractivity contribution >= 4 is 38.5 Å². The van der Waals surface area contributed by atoms with Gasteiger partial charge in [0.25, 0.3) is 10.0 Å². The number of nitriles is 1. The fourth-order valence-corrected chi connectivity index (χ4v) is 6.29. The summed E-state index contributed by atoms with van der Waals surface area (Å²) in [5.41, 5.74) is 4.03. The molecule has 0 radical (unpaired) electrons. The standard InChI is InChI=1S/C22H17N5O2S2/c1-14-25-19-6-4-17(11-20(19)26-14)31(28,29)27-8-9-30-22-7-3-16(10-21(22)27)18-5-2-15(12-23)13-24-18/h2-7,10-11,13H,8-9H2,1H3,(H,25,26). The maximum Gasteiger partial charge on any atom is 0.264 e. The van der Waals surface area contributed by atoms with Crippen LogP contribution in [0.1, 0.15) is 11.4 Å². The van der Waals surface area contributed by atoms with Gasteiger partial charge in [-0.05, 0) is 49.4 Å². The molecule has 0 saturated carbocycles. The zero-order valence-corrected chi connectivity index (χ0v) is 18.2. The van der Waals surface area contributed by atoms with Gasteiger partial charge in [0.15, 0.2) is 0 Å². The predicted molar refractivity (Wildman–Crippen MR) is 120 cm³/mol. The second-order valence-electron chi connectivity index (χ2n) is 7.15. The van der Waals surface area contributed by atoms with Crippen LogP contribution < -0.4 is 4.31 Å². The molecule has 0 spiro atoms. The first kappa shape index (κ1) is 19.6. The Hall–Kier alpha value is -3.35. The van der Waals surface area contributed by atoms with E-state index in [0.717, 1.165) is 21.8 Å². The maximum absolute atomic E-state index is 13.6. The summed E-state index contributed by atoms with van der Waals surface area (Å²) >= 11 is 1.63. The summed E-state index contributed by atoms with van der Waals surface area (Å²) < 4.78 is 28.6. The third-order valence-corrected chi connectivity index (χ3v) is 7.98. The normalized spacial score (nSPS) is 13.7. The Morgan fingerprint density at radius 1 is 1.16 bits per heavy atom. The number of nitrogens with zero attached hydrogens (tertiary/aromatic N) is 4. The van der Waals surface area contributed by atoms with Gasteiger partial charge in [-0.1, -0.05) is 6.07 Å². The van der Waals surface area contributed by atoms with Crippen molar-refractivity contribution in [3.8, 4) is 17.3 Å². The van der Waals surface area contributed by atoms with Crippen LogP contribution in [0.25, 0.3) is 22.3 Å². The van der Waals surface area contributed by atoms with Crippen LogP contribution in [0, 0.1) is 18.3 Å². The molecule has 3 heterocycles. The van der Waals surface area contributed by atoms with Gasteiger partial charge in [0.1, 0.15) is 11.9 Å². The average molecular weight is 448 g/mol. The minimum Gasteiger partial charge on any atom is -0.342 e. The fourth-order valence-electron chi connectivity index (χ4n) is 3.64. The molecule has 4 aromatic rings. The van der Waals surface area contributed by atoms with Crippen molar-refractivity contribution in [2.24, 2.45) is 0 Å². The number of pyridine rings is 1. The van der Waals surface area contributed by atoms with Crippen LogP contribution in [-0.4, -0.2) is 35.7 Å². The van der Waals surface area contributed by atoms with Crippen molar-refractivity contribution in [3.63, 3.8) is 0 Å². The summed E-state index contributed by atoms with van der Waals surface area (Å²) in [5, 5.41) is 8.98. The number of aromatic nitrogens is 3. The first-order valence-corrected chi connectivity index (χ1v) is 12.0. The Balaban J connectivity index is 1.58. The van der Waals surface area contributed by atoms with E-state index < -0.39 is 10.0 Å². The van der Waals surface area contributed by atoms with Crippen molar-refractivity contribution in [2.45, 2.75) is 16.7 Å². The Kier molecular flexibility index (Phi) is 4.68. The van der Waals surface area contributed by atoms with E-state index in [-0.39, 0.29) is 4.90 Å². The van der Waals surface area contributed by atoms with Gasteiger partial charge in [0, 0.05) is 29.0 Å². The molecule has 9 heteroatoms. The number of aromatic amines is 1. The number of imidazole rings is 1. The lowest BCUT2D eigenvalue weighted by Gasteiger charge is -2.30. The number of H-pyrrole nitrogens is 1. The van der Waals surface area contributed by atoms with Crippen molar-refractivity contribution in [1.29, 1.82) is 5.26 Å². The highest BCUT2D eigenvalue weighted by molar-refractivity contribution is 8.00. The molecule has 1 aliphatic rings. The lowest BCUT2D eigenvalue weighted by molar-refractivity contribution is 0.591. The Bertz CT molecular complexity index is 1450. The van der Waals surface area contributed by atoms with Crippen LogP contribution >= 0.6 is 11.8 Å². The second-order valence-corrected chi connectivity index (χ2v) is 10.2. The Morgan fingerprint density at radius 2 is 2.03 bits per heavy atom. The van der Waals surface area contributed by atoms with Gasteiger partial charge in [-0.2, -0.15) is 5.26 Å². The van der Waals surface area contributed by atoms with Crippen molar-refractivity contribution < 1.29 is 8.42 Å². The Labute approximate surface area is 183 Å². The largest absolute Gasteiger partial charge is 0.342 e. The summed E-state index contributed by atoms with van der Waals surface area (Å²) in [6.45, 7) is 2.22. The predicted octanol–water partition coefficient (Wildman–Crippen LogP) is 4.11. The zero-order valence-electron chi connectivity index (χ0n) is 16.5. The highest BCUT2D eigenvalue weighted by Crippen LogP contribution is 2.40. The first-order chi connectivity index (χ1) is 15.0. The van der Waals surface area contributed by atoms with E-state index in [0.29, 0.717) is 34.8 Å². The molecular formula is C22H17N5O2S2. The van der Waals surface area contributed by atoms with E-state index in [2.05, 4.69) is 21.0 Å². The Morgan fingerprint density at radius 3 is 2.81 bits per heavy atom. The minimum absolute atomic E-state index is 0.225. The molecular weight excluding hydrogens is 430 g/mol. The van der Waals surface area contributed by atoms with E-state index in [1.165, 1.54) is 10.5 Å². The second kappa shape index (κ2) is 7.41. The quantitative estimate of drug-likeness (QED) is 0.507. The molecule has 7 nitrogen and oxygen atoms in total. The van der Waals surface area contributed by atoms with Crippen molar-refractivity contribution in [2.75, 3.05) is 16.6 Å². The van der Waals surface area contributed by atoms with Gasteiger partial charge in [-0.15, -0.1) is 11.8 Å². The monoisotopic (exact) mass is 447 g/mol. The number of benzene rings is 2. The van der Waals surface area contributed by atoms with Crippen LogP contribution in [0.4, 0.5) is 5.69 Å². The molecule has 0 bridgehead atoms. The average Bonchev–Trinajstić information content (AvgIpc) is 3.17. The highest BCUT2D eigenvalue weighted by atomic mass is 32.2. The molecule has 0 fully saturated rings. The first-order valence-electron chi connectivity index (χ1n) is 9.58. The van der Waals surface area contributed by atoms with E-state index in [9.17, 15) is 8.42 Å². The van der Waals surface area contributed by atoms with Crippen LogP contribution in [-0.2, 0) is 10.0 Å². The molecule has 154 valence electrons. The zero-order chi connectivity index (χ0) is 21.6. The van der Waals surface area contributed by atoms with Crippen molar-refractivity contribution in [1.82, 2.24) is 15.0 Å². The van der Waals surface area contributed by atoms with Gasteiger partial charge in [0.05, 0.1) is 32.9 Å². The SMILES string of the molecule is Cc1nc2ccc(S(=O)(=O)N3CCSc4ccc(-c5ccc(C#N)cn5)cc43)cc2[nH]1. The number of hydrogen-bond donors (Lipinski definition) is 1. The molecule has 2 aromatic carbocycles. The van der Waals surface area contributed by atoms with Crippen LogP contribution in [0.3, 0.4) is 0 Å². The molecule has 0 unspecified atom stereocenters. The molecule has 1 N–H and O–H groups in total. The summed E-state index contributed by atoms with van der Waals surface area (Å²) in [7, 11) is -3.76. The number of aryl methyl sites for hydroxylation is 1. The molecule has 0 amide bonds. The number of sulfonamides is 1. The molecule has 0 saturated heterocycles. The molecule has 0 aliphatic carbocycles. The van der Waals surface area contributed by atoms with E-state index >= 15 is 0 Å². The van der Waals surface area contributed by atoms with Gasteiger partial charge in [0.2, 0.25) is 0 Å². The number of nitrogens with one attached hydrogen (secondary N) is 1. The summed E-state index contributed by atoms with van der Waals surface area (Å²) in [4.78, 5) is 12.9. The molecule has 31 heavy (non-hydrogen) atoms. The molecule has 5 rings (SSSR count). The maximum atomic E-state index is 13.6. The molecule has 0 atom stereocenters. The third kappa shape index (κ3) is 3.44. The summed E-state index contributed by atoms with van der Waals surface area (Å²) in [6, 6.07) is 16.2. The summed E-state index contributed by atoms with van der Waals surface area (Å²) in [5.74, 6) is 1.41. The van der Waals surface area contributed by atoms with Gasteiger partial charge in [-0.25, -0.2) is 13.4 Å². The van der Waals surface area contributed by atoms with E-state index in [1.54, 1.807) is 42.1 Å². The minimum atomic E-state index is -3.76. The van der Waals surface area contributed by atoms with Crippen LogP contribution in [0.5, 0.6) is 0 Å². The fraction of sp³-hybridized carbons (Fsp3) is 0.136. The molecule has 2 aromatic heterocycles. The van der Waals surface area contributed by atoms with Gasteiger partial charge < -0.3 is 4.98 Å². The number of hydrogen-bond acceptors (Lipinski definition) is 6. The highest BCUT2D eigenvalue weighted by Gasteiger charge is 2.30. The number of rotatable bonds is 3. The molecule has 1 aliphatic heterocycles. The number of anilines is 1. The number of fused-ring (bicyclic) bond motifs is 2.